The number of amides is 3. The van der Waals surface area contributed by atoms with Gasteiger partial charge in [0, 0.05) is 45.0 Å². The number of anilines is 2. The first-order valence-corrected chi connectivity index (χ1v) is 11.5. The molecule has 3 amide bonds. The molecule has 0 radical (unpaired) electrons. The van der Waals surface area contributed by atoms with Crippen LogP contribution in [0, 0.1) is 0 Å². The lowest BCUT2D eigenvalue weighted by atomic mass is 10.2. The Morgan fingerprint density at radius 1 is 0.969 bits per heavy atom. The summed E-state index contributed by atoms with van der Waals surface area (Å²) >= 11 is 12.5. The number of carbonyl (C=O) groups is 2. The Bertz CT molecular complexity index is 978. The first kappa shape index (κ1) is 22.6. The van der Waals surface area contributed by atoms with Crippen molar-refractivity contribution in [2.24, 2.45) is 0 Å². The molecule has 2 aromatic carbocycles. The molecule has 0 aromatic heterocycles. The predicted octanol–water partition coefficient (Wildman–Crippen LogP) is 3.98. The number of benzene rings is 2. The molecule has 0 spiro atoms. The van der Waals surface area contributed by atoms with Crippen LogP contribution in [0.4, 0.5) is 16.2 Å². The van der Waals surface area contributed by atoms with Crippen LogP contribution in [-0.4, -0.2) is 74.2 Å². The molecule has 2 aliphatic rings. The first-order valence-electron chi connectivity index (χ1n) is 10.7. The van der Waals surface area contributed by atoms with Gasteiger partial charge in [0.2, 0.25) is 5.91 Å². The smallest absolute Gasteiger partial charge is 0.325 e. The second-order valence-corrected chi connectivity index (χ2v) is 8.51. The van der Waals surface area contributed by atoms with Crippen LogP contribution < -0.4 is 14.5 Å². The Morgan fingerprint density at radius 3 is 2.38 bits per heavy atom. The first-order chi connectivity index (χ1) is 15.5. The summed E-state index contributed by atoms with van der Waals surface area (Å²) in [7, 11) is 0. The number of hydrogen-bond acceptors (Lipinski definition) is 4. The number of piperazine rings is 1. The number of rotatable bonds is 6. The van der Waals surface area contributed by atoms with E-state index in [1.165, 1.54) is 0 Å². The number of nitrogens with zero attached hydrogens (tertiary/aromatic N) is 4. The van der Waals surface area contributed by atoms with Gasteiger partial charge in [-0.25, -0.2) is 4.79 Å². The van der Waals surface area contributed by atoms with Crippen molar-refractivity contribution >= 4 is 46.5 Å². The molecule has 0 aliphatic carbocycles. The highest BCUT2D eigenvalue weighted by Gasteiger charge is 2.32. The fourth-order valence-corrected chi connectivity index (χ4v) is 4.47. The normalized spacial score (nSPS) is 16.7. The molecule has 0 saturated carbocycles. The number of urea groups is 1. The van der Waals surface area contributed by atoms with E-state index in [9.17, 15) is 9.59 Å². The van der Waals surface area contributed by atoms with E-state index in [0.29, 0.717) is 55.9 Å². The van der Waals surface area contributed by atoms with Gasteiger partial charge in [0.05, 0.1) is 22.3 Å². The van der Waals surface area contributed by atoms with E-state index in [2.05, 4.69) is 4.90 Å². The molecule has 2 saturated heterocycles. The second kappa shape index (κ2) is 9.88. The molecule has 9 heteroatoms. The Labute approximate surface area is 198 Å². The van der Waals surface area contributed by atoms with Crippen LogP contribution in [0.3, 0.4) is 0 Å². The molecule has 0 atom stereocenters. The minimum Gasteiger partial charge on any atom is -0.494 e. The van der Waals surface area contributed by atoms with Gasteiger partial charge in [-0.3, -0.25) is 9.69 Å². The maximum Gasteiger partial charge on any atom is 0.325 e. The average molecular weight is 477 g/mol. The lowest BCUT2D eigenvalue weighted by molar-refractivity contribution is -0.131. The molecule has 0 unspecified atom stereocenters. The lowest BCUT2D eigenvalue weighted by Gasteiger charge is -2.37. The van der Waals surface area contributed by atoms with Crippen LogP contribution in [0.1, 0.15) is 6.92 Å². The third-order valence-corrected chi connectivity index (χ3v) is 6.59. The summed E-state index contributed by atoms with van der Waals surface area (Å²) in [4.78, 5) is 33.0. The SMILES string of the molecule is CCOc1ccc(N2CCN(CC(=O)N3CCN(c4cccc(Cl)c4Cl)CC3)C2=O)cc1. The van der Waals surface area contributed by atoms with Gasteiger partial charge >= 0.3 is 6.03 Å². The van der Waals surface area contributed by atoms with Crippen LogP contribution in [0.5, 0.6) is 5.75 Å². The van der Waals surface area contributed by atoms with E-state index in [0.717, 1.165) is 17.1 Å². The topological polar surface area (TPSA) is 56.3 Å². The van der Waals surface area contributed by atoms with Crippen molar-refractivity contribution in [1.82, 2.24) is 9.80 Å². The summed E-state index contributed by atoms with van der Waals surface area (Å²) in [6.45, 7) is 6.17. The van der Waals surface area contributed by atoms with Crippen molar-refractivity contribution < 1.29 is 14.3 Å². The van der Waals surface area contributed by atoms with Crippen LogP contribution >= 0.6 is 23.2 Å². The third kappa shape index (κ3) is 4.74. The molecule has 2 fully saturated rings. The quantitative estimate of drug-likeness (QED) is 0.632. The van der Waals surface area contributed by atoms with Crippen molar-refractivity contribution in [3.63, 3.8) is 0 Å². The summed E-state index contributed by atoms with van der Waals surface area (Å²) in [5.74, 6) is 0.733. The molecule has 0 N–H and O–H groups in total. The molecular formula is C23H26Cl2N4O3. The van der Waals surface area contributed by atoms with E-state index in [4.69, 9.17) is 27.9 Å². The Balaban J connectivity index is 1.31. The second-order valence-electron chi connectivity index (χ2n) is 7.72. The molecular weight excluding hydrogens is 451 g/mol. The van der Waals surface area contributed by atoms with E-state index < -0.39 is 0 Å². The van der Waals surface area contributed by atoms with Gasteiger partial charge in [-0.05, 0) is 43.3 Å². The van der Waals surface area contributed by atoms with Gasteiger partial charge in [-0.1, -0.05) is 29.3 Å². The van der Waals surface area contributed by atoms with E-state index in [1.807, 2.05) is 48.2 Å². The Kier molecular flexibility index (Phi) is 6.96. The molecule has 4 rings (SSSR count). The molecule has 0 bridgehead atoms. The monoisotopic (exact) mass is 476 g/mol. The average Bonchev–Trinajstić information content (AvgIpc) is 3.16. The number of hydrogen-bond donors (Lipinski definition) is 0. The Hall–Kier alpha value is -2.64. The zero-order valence-corrected chi connectivity index (χ0v) is 19.5. The van der Waals surface area contributed by atoms with Gasteiger partial charge in [-0.15, -0.1) is 0 Å². The zero-order chi connectivity index (χ0) is 22.7. The van der Waals surface area contributed by atoms with Crippen molar-refractivity contribution in [3.8, 4) is 5.75 Å². The fourth-order valence-electron chi connectivity index (χ4n) is 4.05. The molecule has 2 aromatic rings. The zero-order valence-electron chi connectivity index (χ0n) is 18.0. The summed E-state index contributed by atoms with van der Waals surface area (Å²) in [5, 5.41) is 1.05. The number of ether oxygens (including phenoxy) is 1. The summed E-state index contributed by atoms with van der Waals surface area (Å²) in [6, 6.07) is 12.9. The Morgan fingerprint density at radius 2 is 1.69 bits per heavy atom. The highest BCUT2D eigenvalue weighted by Crippen LogP contribution is 2.33. The molecule has 32 heavy (non-hydrogen) atoms. The largest absolute Gasteiger partial charge is 0.494 e. The van der Waals surface area contributed by atoms with Crippen LogP contribution in [-0.2, 0) is 4.79 Å². The third-order valence-electron chi connectivity index (χ3n) is 5.78. The van der Waals surface area contributed by atoms with E-state index in [1.54, 1.807) is 15.9 Å². The number of halogens is 2. The standard InChI is InChI=1S/C23H26Cl2N4O3/c1-2-32-18-8-6-17(7-9-18)29-15-14-28(23(29)31)16-21(30)27-12-10-26(11-13-27)20-5-3-4-19(24)22(20)25/h3-9H,2,10-16H2,1H3. The molecule has 2 heterocycles. The van der Waals surface area contributed by atoms with Crippen molar-refractivity contribution in [3.05, 3.63) is 52.5 Å². The van der Waals surface area contributed by atoms with Crippen LogP contribution in [0.25, 0.3) is 0 Å². The van der Waals surface area contributed by atoms with Crippen molar-refractivity contribution in [2.75, 3.05) is 62.2 Å². The fraction of sp³-hybridized carbons (Fsp3) is 0.391. The minimum absolute atomic E-state index is 0.0382. The number of carbonyl (C=O) groups excluding carboxylic acids is 2. The predicted molar refractivity (Wildman–Crippen MR) is 127 cm³/mol. The van der Waals surface area contributed by atoms with Gasteiger partial charge in [0.25, 0.3) is 0 Å². The van der Waals surface area contributed by atoms with Gasteiger partial charge < -0.3 is 19.4 Å². The summed E-state index contributed by atoms with van der Waals surface area (Å²) in [5.41, 5.74) is 1.69. The highest BCUT2D eigenvalue weighted by atomic mass is 35.5. The van der Waals surface area contributed by atoms with Gasteiger partial charge in [0.15, 0.2) is 0 Å². The summed E-state index contributed by atoms with van der Waals surface area (Å²) in [6.07, 6.45) is 0. The maximum atomic E-state index is 12.9. The molecule has 7 nitrogen and oxygen atoms in total. The highest BCUT2D eigenvalue weighted by molar-refractivity contribution is 6.43. The molecule has 170 valence electrons. The minimum atomic E-state index is -0.146. The summed E-state index contributed by atoms with van der Waals surface area (Å²) < 4.78 is 5.46. The van der Waals surface area contributed by atoms with Gasteiger partial charge in [0.1, 0.15) is 12.3 Å². The van der Waals surface area contributed by atoms with E-state index >= 15 is 0 Å². The maximum absolute atomic E-state index is 12.9. The van der Waals surface area contributed by atoms with E-state index in [-0.39, 0.29) is 18.5 Å². The van der Waals surface area contributed by atoms with Crippen molar-refractivity contribution in [2.45, 2.75) is 6.92 Å². The van der Waals surface area contributed by atoms with Crippen LogP contribution in [0.2, 0.25) is 10.0 Å². The van der Waals surface area contributed by atoms with Crippen molar-refractivity contribution in [1.29, 1.82) is 0 Å². The van der Waals surface area contributed by atoms with Crippen LogP contribution in [0.15, 0.2) is 42.5 Å². The lowest BCUT2D eigenvalue weighted by Crippen LogP contribution is -2.51. The van der Waals surface area contributed by atoms with Gasteiger partial charge in [-0.2, -0.15) is 0 Å². The molecule has 2 aliphatic heterocycles.